The van der Waals surface area contributed by atoms with E-state index in [1.807, 2.05) is 0 Å². The molecule has 4 nitrogen and oxygen atoms in total. The van der Waals surface area contributed by atoms with Crippen molar-refractivity contribution in [1.29, 1.82) is 0 Å². The highest BCUT2D eigenvalue weighted by atomic mass is 35.5. The number of fused-ring (bicyclic) bond motifs is 1. The summed E-state index contributed by atoms with van der Waals surface area (Å²) in [6.07, 6.45) is 2.47. The van der Waals surface area contributed by atoms with Crippen molar-refractivity contribution in [3.05, 3.63) is 45.2 Å². The molecular formula is C14H13ClFN3OS. The van der Waals surface area contributed by atoms with Gasteiger partial charge in [0.25, 0.3) is 5.91 Å². The normalized spacial score (nSPS) is 17.4. The number of hydrogen-bond acceptors (Lipinski definition) is 4. The molecule has 7 heteroatoms. The van der Waals surface area contributed by atoms with Gasteiger partial charge in [-0.15, -0.1) is 11.3 Å². The van der Waals surface area contributed by atoms with E-state index >= 15 is 0 Å². The minimum atomic E-state index is -0.650. The molecule has 0 aliphatic heterocycles. The molecule has 1 aliphatic carbocycles. The standard InChI is InChI=1S/C14H13ClFN3OS/c15-8-2-1-3-9(16)12(8)13(20)19-14-18-10-5-4-7(17)6-11(10)21-14/h1-3,7H,4-6,17H2,(H,18,19,20)/t7-/m0/s1. The second-order valence-corrected chi connectivity index (χ2v) is 6.43. The molecule has 0 bridgehead atoms. The average Bonchev–Trinajstić information content (AvgIpc) is 2.79. The SMILES string of the molecule is N[C@H]1CCc2nc(NC(=O)c3c(F)cccc3Cl)sc2C1. The minimum absolute atomic E-state index is 0.0795. The lowest BCUT2D eigenvalue weighted by Crippen LogP contribution is -2.27. The van der Waals surface area contributed by atoms with Gasteiger partial charge in [0.05, 0.1) is 16.3 Å². The molecule has 1 aromatic heterocycles. The number of amides is 1. The van der Waals surface area contributed by atoms with Gasteiger partial charge in [0.1, 0.15) is 5.82 Å². The Balaban J connectivity index is 1.82. The molecule has 0 saturated carbocycles. The van der Waals surface area contributed by atoms with E-state index in [1.54, 1.807) is 0 Å². The number of carbonyl (C=O) groups is 1. The number of aromatic nitrogens is 1. The van der Waals surface area contributed by atoms with Crippen LogP contribution in [0.5, 0.6) is 0 Å². The molecule has 2 aromatic rings. The van der Waals surface area contributed by atoms with Crippen molar-refractivity contribution in [2.75, 3.05) is 5.32 Å². The number of nitrogens with zero attached hydrogens (tertiary/aromatic N) is 1. The van der Waals surface area contributed by atoms with E-state index in [0.29, 0.717) is 5.13 Å². The number of benzene rings is 1. The van der Waals surface area contributed by atoms with Crippen molar-refractivity contribution in [3.8, 4) is 0 Å². The summed E-state index contributed by atoms with van der Waals surface area (Å²) in [5.74, 6) is -1.24. The van der Waals surface area contributed by atoms with Crippen molar-refractivity contribution < 1.29 is 9.18 Å². The Kier molecular flexibility index (Phi) is 3.93. The number of aryl methyl sites for hydroxylation is 1. The second-order valence-electron chi connectivity index (χ2n) is 4.94. The van der Waals surface area contributed by atoms with E-state index in [9.17, 15) is 9.18 Å². The first kappa shape index (κ1) is 14.4. The summed E-state index contributed by atoms with van der Waals surface area (Å²) in [6.45, 7) is 0. The smallest absolute Gasteiger partial charge is 0.261 e. The average molecular weight is 326 g/mol. The molecule has 1 aromatic carbocycles. The summed E-state index contributed by atoms with van der Waals surface area (Å²) in [4.78, 5) is 17.6. The zero-order valence-corrected chi connectivity index (χ0v) is 12.6. The van der Waals surface area contributed by atoms with Crippen molar-refractivity contribution in [2.45, 2.75) is 25.3 Å². The van der Waals surface area contributed by atoms with Crippen molar-refractivity contribution in [2.24, 2.45) is 5.73 Å². The van der Waals surface area contributed by atoms with E-state index in [1.165, 1.54) is 29.5 Å². The summed E-state index contributed by atoms with van der Waals surface area (Å²) < 4.78 is 13.7. The van der Waals surface area contributed by atoms with E-state index < -0.39 is 11.7 Å². The molecule has 1 heterocycles. The Labute approximate surface area is 130 Å². The quantitative estimate of drug-likeness (QED) is 0.892. The minimum Gasteiger partial charge on any atom is -0.327 e. The number of thiazole rings is 1. The molecule has 3 N–H and O–H groups in total. The Morgan fingerprint density at radius 2 is 2.33 bits per heavy atom. The third kappa shape index (κ3) is 2.92. The van der Waals surface area contributed by atoms with E-state index in [4.69, 9.17) is 17.3 Å². The second kappa shape index (κ2) is 5.71. The summed E-state index contributed by atoms with van der Waals surface area (Å²) in [5.41, 5.74) is 6.72. The van der Waals surface area contributed by atoms with Crippen LogP contribution in [0.15, 0.2) is 18.2 Å². The summed E-state index contributed by atoms with van der Waals surface area (Å²) in [7, 11) is 0. The van der Waals surface area contributed by atoms with Gasteiger partial charge in [-0.05, 0) is 31.4 Å². The number of nitrogens with one attached hydrogen (secondary N) is 1. The molecule has 0 radical (unpaired) electrons. The van der Waals surface area contributed by atoms with Gasteiger partial charge in [-0.1, -0.05) is 17.7 Å². The van der Waals surface area contributed by atoms with Crippen LogP contribution in [0.25, 0.3) is 0 Å². The van der Waals surface area contributed by atoms with Crippen LogP contribution in [0, 0.1) is 5.82 Å². The van der Waals surface area contributed by atoms with Crippen LogP contribution in [0.1, 0.15) is 27.3 Å². The molecular weight excluding hydrogens is 313 g/mol. The zero-order valence-electron chi connectivity index (χ0n) is 11.0. The number of halogens is 2. The van der Waals surface area contributed by atoms with Crippen LogP contribution in [0.4, 0.5) is 9.52 Å². The largest absolute Gasteiger partial charge is 0.327 e. The molecule has 1 atom stereocenters. The first-order valence-corrected chi connectivity index (χ1v) is 7.73. The molecule has 0 saturated heterocycles. The molecule has 21 heavy (non-hydrogen) atoms. The predicted molar refractivity (Wildman–Crippen MR) is 81.5 cm³/mol. The van der Waals surface area contributed by atoms with Crippen LogP contribution in [-0.4, -0.2) is 16.9 Å². The molecule has 0 unspecified atom stereocenters. The van der Waals surface area contributed by atoms with Gasteiger partial charge in [-0.2, -0.15) is 0 Å². The van der Waals surface area contributed by atoms with Gasteiger partial charge in [-0.25, -0.2) is 9.37 Å². The zero-order chi connectivity index (χ0) is 15.0. The van der Waals surface area contributed by atoms with Crippen molar-refractivity contribution in [3.63, 3.8) is 0 Å². The number of hydrogen-bond donors (Lipinski definition) is 2. The lowest BCUT2D eigenvalue weighted by atomic mass is 9.99. The van der Waals surface area contributed by atoms with Gasteiger partial charge in [0, 0.05) is 10.9 Å². The van der Waals surface area contributed by atoms with E-state index in [0.717, 1.165) is 29.8 Å². The van der Waals surface area contributed by atoms with Crippen molar-refractivity contribution >= 4 is 34.0 Å². The third-order valence-corrected chi connectivity index (χ3v) is 4.74. The molecule has 1 amide bonds. The lowest BCUT2D eigenvalue weighted by molar-refractivity contribution is 0.102. The van der Waals surface area contributed by atoms with Gasteiger partial charge >= 0.3 is 0 Å². The van der Waals surface area contributed by atoms with Crippen LogP contribution >= 0.6 is 22.9 Å². The Morgan fingerprint density at radius 1 is 1.52 bits per heavy atom. The fourth-order valence-electron chi connectivity index (χ4n) is 2.33. The summed E-state index contributed by atoms with van der Waals surface area (Å²) in [5, 5.41) is 3.15. The summed E-state index contributed by atoms with van der Waals surface area (Å²) >= 11 is 7.26. The molecule has 1 aliphatic rings. The number of nitrogens with two attached hydrogens (primary N) is 1. The Bertz CT molecular complexity index is 683. The van der Waals surface area contributed by atoms with Gasteiger partial charge in [0.2, 0.25) is 0 Å². The number of rotatable bonds is 2. The molecule has 0 spiro atoms. The Hall–Kier alpha value is -1.50. The van der Waals surface area contributed by atoms with Gasteiger partial charge < -0.3 is 5.73 Å². The van der Waals surface area contributed by atoms with Gasteiger partial charge in [0.15, 0.2) is 5.13 Å². The first-order valence-electron chi connectivity index (χ1n) is 6.54. The van der Waals surface area contributed by atoms with Crippen LogP contribution in [0.3, 0.4) is 0 Å². The van der Waals surface area contributed by atoms with Crippen LogP contribution in [0.2, 0.25) is 5.02 Å². The molecule has 0 fully saturated rings. The molecule has 110 valence electrons. The highest BCUT2D eigenvalue weighted by Crippen LogP contribution is 2.30. The summed E-state index contributed by atoms with van der Waals surface area (Å²) in [6, 6.07) is 4.28. The fraction of sp³-hybridized carbons (Fsp3) is 0.286. The Morgan fingerprint density at radius 3 is 3.10 bits per heavy atom. The van der Waals surface area contributed by atoms with E-state index in [2.05, 4.69) is 10.3 Å². The predicted octanol–water partition coefficient (Wildman–Crippen LogP) is 3.00. The van der Waals surface area contributed by atoms with Crippen LogP contribution in [-0.2, 0) is 12.8 Å². The van der Waals surface area contributed by atoms with Gasteiger partial charge in [-0.3, -0.25) is 10.1 Å². The third-order valence-electron chi connectivity index (χ3n) is 3.39. The molecule has 3 rings (SSSR count). The van der Waals surface area contributed by atoms with Crippen LogP contribution < -0.4 is 11.1 Å². The maximum absolute atomic E-state index is 13.7. The number of carbonyl (C=O) groups excluding carboxylic acids is 1. The lowest BCUT2D eigenvalue weighted by Gasteiger charge is -2.15. The fourth-order valence-corrected chi connectivity index (χ4v) is 3.67. The van der Waals surface area contributed by atoms with E-state index in [-0.39, 0.29) is 16.6 Å². The van der Waals surface area contributed by atoms with Crippen molar-refractivity contribution in [1.82, 2.24) is 4.98 Å². The number of anilines is 1. The first-order chi connectivity index (χ1) is 10.0. The topological polar surface area (TPSA) is 68.0 Å². The maximum Gasteiger partial charge on any atom is 0.261 e. The highest BCUT2D eigenvalue weighted by molar-refractivity contribution is 7.15. The monoisotopic (exact) mass is 325 g/mol. The highest BCUT2D eigenvalue weighted by Gasteiger charge is 2.22. The maximum atomic E-state index is 13.7.